The summed E-state index contributed by atoms with van der Waals surface area (Å²) in [7, 11) is 1.34. The largest absolute Gasteiger partial charge is 0.480 e. The summed E-state index contributed by atoms with van der Waals surface area (Å²) in [4.78, 5) is 21.7. The third-order valence-electron chi connectivity index (χ3n) is 2.78. The molecule has 104 valence electrons. The minimum absolute atomic E-state index is 0.0458. The van der Waals surface area contributed by atoms with Gasteiger partial charge in [0.1, 0.15) is 6.04 Å². The van der Waals surface area contributed by atoms with E-state index in [2.05, 4.69) is 0 Å². The van der Waals surface area contributed by atoms with Crippen molar-refractivity contribution in [2.45, 2.75) is 19.4 Å². The van der Waals surface area contributed by atoms with Crippen molar-refractivity contribution >= 4 is 17.3 Å². The van der Waals surface area contributed by atoms with Crippen molar-refractivity contribution < 1.29 is 23.6 Å². The number of halogens is 2. The molecular weight excluding hydrogens is 262 g/mol. The van der Waals surface area contributed by atoms with E-state index in [9.17, 15) is 23.7 Å². The van der Waals surface area contributed by atoms with Gasteiger partial charge in [-0.25, -0.2) is 13.6 Å². The number of hydrogen-bond acceptors (Lipinski definition) is 4. The van der Waals surface area contributed by atoms with E-state index in [-0.39, 0.29) is 5.69 Å². The molecule has 6 nitrogen and oxygen atoms in total. The Balaban J connectivity index is 3.27. The molecule has 1 rings (SSSR count). The van der Waals surface area contributed by atoms with Crippen LogP contribution in [-0.4, -0.2) is 29.1 Å². The molecule has 0 fully saturated rings. The monoisotopic (exact) mass is 274 g/mol. The van der Waals surface area contributed by atoms with Gasteiger partial charge in [0.25, 0.3) is 12.1 Å². The fraction of sp³-hybridized carbons (Fsp3) is 0.364. The van der Waals surface area contributed by atoms with Gasteiger partial charge in [0.15, 0.2) is 0 Å². The van der Waals surface area contributed by atoms with Crippen LogP contribution in [0.25, 0.3) is 0 Å². The van der Waals surface area contributed by atoms with Gasteiger partial charge < -0.3 is 10.0 Å². The summed E-state index contributed by atoms with van der Waals surface area (Å²) in [6.07, 6.45) is -2.93. The number of benzene rings is 1. The molecule has 0 heterocycles. The Hall–Kier alpha value is -2.25. The van der Waals surface area contributed by atoms with Gasteiger partial charge in [-0.15, -0.1) is 0 Å². The van der Waals surface area contributed by atoms with Crippen molar-refractivity contribution in [2.75, 3.05) is 11.9 Å². The minimum Gasteiger partial charge on any atom is -0.480 e. The maximum Gasteiger partial charge on any atom is 0.326 e. The zero-order chi connectivity index (χ0) is 14.7. The molecular formula is C11H12F2N2O4. The fourth-order valence-corrected chi connectivity index (χ4v) is 1.53. The van der Waals surface area contributed by atoms with E-state index in [1.165, 1.54) is 14.0 Å². The summed E-state index contributed by atoms with van der Waals surface area (Å²) >= 11 is 0. The quantitative estimate of drug-likeness (QED) is 0.658. The second-order valence-corrected chi connectivity index (χ2v) is 3.93. The van der Waals surface area contributed by atoms with Gasteiger partial charge in [-0.05, 0) is 13.0 Å². The van der Waals surface area contributed by atoms with Gasteiger partial charge in [0, 0.05) is 30.4 Å². The van der Waals surface area contributed by atoms with Crippen LogP contribution in [0.4, 0.5) is 20.2 Å². The Morgan fingerprint density at radius 2 is 2.05 bits per heavy atom. The normalized spacial score (nSPS) is 12.3. The van der Waals surface area contributed by atoms with Crippen LogP contribution in [0.1, 0.15) is 18.9 Å². The van der Waals surface area contributed by atoms with Gasteiger partial charge in [-0.1, -0.05) is 0 Å². The van der Waals surface area contributed by atoms with Crippen molar-refractivity contribution in [2.24, 2.45) is 0 Å². The second-order valence-electron chi connectivity index (χ2n) is 3.93. The number of rotatable bonds is 5. The van der Waals surface area contributed by atoms with E-state index in [0.717, 1.165) is 23.1 Å². The molecule has 1 unspecified atom stereocenters. The van der Waals surface area contributed by atoms with Crippen molar-refractivity contribution in [1.29, 1.82) is 0 Å². The number of nitro groups is 1. The number of carbonyl (C=O) groups is 1. The molecule has 0 amide bonds. The number of carboxylic acid groups (broad SMARTS) is 1. The molecule has 1 atom stereocenters. The summed E-state index contributed by atoms with van der Waals surface area (Å²) in [6, 6.07) is 1.91. The number of aliphatic carboxylic acids is 1. The van der Waals surface area contributed by atoms with Crippen molar-refractivity contribution in [1.82, 2.24) is 0 Å². The maximum absolute atomic E-state index is 12.9. The van der Waals surface area contributed by atoms with Crippen LogP contribution in [0.3, 0.4) is 0 Å². The number of alkyl halides is 2. The Bertz CT molecular complexity index is 507. The van der Waals surface area contributed by atoms with E-state index in [1.807, 2.05) is 0 Å². The lowest BCUT2D eigenvalue weighted by Crippen LogP contribution is -2.36. The van der Waals surface area contributed by atoms with Crippen LogP contribution < -0.4 is 4.90 Å². The van der Waals surface area contributed by atoms with Gasteiger partial charge in [0.2, 0.25) is 0 Å². The fourth-order valence-electron chi connectivity index (χ4n) is 1.53. The van der Waals surface area contributed by atoms with Gasteiger partial charge >= 0.3 is 5.97 Å². The Morgan fingerprint density at radius 3 is 2.47 bits per heavy atom. The van der Waals surface area contributed by atoms with Crippen LogP contribution in [0.15, 0.2) is 18.2 Å². The first kappa shape index (κ1) is 14.8. The molecule has 19 heavy (non-hydrogen) atoms. The van der Waals surface area contributed by atoms with Gasteiger partial charge in [0.05, 0.1) is 4.92 Å². The SMILES string of the molecule is CC(C(=O)O)N(C)c1ccc([N+](=O)[O-])cc1C(F)F. The Labute approximate surface area is 107 Å². The average molecular weight is 274 g/mol. The molecule has 1 aromatic rings. The zero-order valence-corrected chi connectivity index (χ0v) is 10.2. The Kier molecular flexibility index (Phi) is 4.36. The number of nitro benzene ring substituents is 1. The second kappa shape index (κ2) is 5.59. The highest BCUT2D eigenvalue weighted by molar-refractivity contribution is 5.78. The standard InChI is InChI=1S/C11H12F2N2O4/c1-6(11(16)17)14(2)9-4-3-7(15(18)19)5-8(9)10(12)13/h3-6,10H,1-2H3,(H,16,17). The lowest BCUT2D eigenvalue weighted by atomic mass is 10.1. The first-order chi connectivity index (χ1) is 8.75. The van der Waals surface area contributed by atoms with Crippen LogP contribution in [0, 0.1) is 10.1 Å². The number of carboxylic acids is 1. The molecule has 1 aromatic carbocycles. The average Bonchev–Trinajstić information content (AvgIpc) is 2.35. The topological polar surface area (TPSA) is 83.7 Å². The molecule has 8 heteroatoms. The van der Waals surface area contributed by atoms with E-state index >= 15 is 0 Å². The van der Waals surface area contributed by atoms with Gasteiger partial charge in [-0.2, -0.15) is 0 Å². The molecule has 0 saturated carbocycles. The van der Waals surface area contributed by atoms with E-state index in [4.69, 9.17) is 5.11 Å². The molecule has 0 saturated heterocycles. The summed E-state index contributed by atoms with van der Waals surface area (Å²) in [6.45, 7) is 1.33. The van der Waals surface area contributed by atoms with Gasteiger partial charge in [-0.3, -0.25) is 10.1 Å². The van der Waals surface area contributed by atoms with E-state index in [0.29, 0.717) is 0 Å². The van der Waals surface area contributed by atoms with Crippen LogP contribution in [0.2, 0.25) is 0 Å². The third-order valence-corrected chi connectivity index (χ3v) is 2.78. The maximum atomic E-state index is 12.9. The molecule has 0 aliphatic rings. The number of nitrogens with zero attached hydrogens (tertiary/aromatic N) is 2. The van der Waals surface area contributed by atoms with E-state index in [1.54, 1.807) is 0 Å². The summed E-state index contributed by atoms with van der Waals surface area (Å²) < 4.78 is 25.8. The molecule has 0 bridgehead atoms. The first-order valence-corrected chi connectivity index (χ1v) is 5.27. The van der Waals surface area contributed by atoms with Crippen molar-refractivity contribution in [3.8, 4) is 0 Å². The van der Waals surface area contributed by atoms with Crippen LogP contribution >= 0.6 is 0 Å². The lowest BCUT2D eigenvalue weighted by molar-refractivity contribution is -0.385. The summed E-state index contributed by atoms with van der Waals surface area (Å²) in [5.74, 6) is -1.18. The highest BCUT2D eigenvalue weighted by atomic mass is 19.3. The predicted molar refractivity (Wildman–Crippen MR) is 63.6 cm³/mol. The predicted octanol–water partition coefficient (Wildman–Crippen LogP) is 2.44. The van der Waals surface area contributed by atoms with Crippen LogP contribution in [-0.2, 0) is 4.79 Å². The Morgan fingerprint density at radius 1 is 1.47 bits per heavy atom. The third kappa shape index (κ3) is 3.15. The molecule has 0 aromatic heterocycles. The number of anilines is 1. The number of hydrogen-bond donors (Lipinski definition) is 1. The van der Waals surface area contributed by atoms with Crippen molar-refractivity contribution in [3.05, 3.63) is 33.9 Å². The minimum atomic E-state index is -2.93. The molecule has 0 aliphatic carbocycles. The smallest absolute Gasteiger partial charge is 0.326 e. The molecule has 0 aliphatic heterocycles. The highest BCUT2D eigenvalue weighted by Crippen LogP contribution is 2.33. The number of likely N-dealkylation sites (N-methyl/N-ethyl adjacent to an activating group) is 1. The molecule has 1 N–H and O–H groups in total. The van der Waals surface area contributed by atoms with Crippen LogP contribution in [0.5, 0.6) is 0 Å². The lowest BCUT2D eigenvalue weighted by Gasteiger charge is -2.25. The first-order valence-electron chi connectivity index (χ1n) is 5.27. The molecule has 0 spiro atoms. The summed E-state index contributed by atoms with van der Waals surface area (Å²) in [5, 5.41) is 19.4. The number of non-ortho nitro benzene ring substituents is 1. The molecule has 0 radical (unpaired) electrons. The summed E-state index contributed by atoms with van der Waals surface area (Å²) in [5.41, 5.74) is -1.07. The van der Waals surface area contributed by atoms with E-state index < -0.39 is 34.6 Å². The zero-order valence-electron chi connectivity index (χ0n) is 10.2. The highest BCUT2D eigenvalue weighted by Gasteiger charge is 2.24. The van der Waals surface area contributed by atoms with Crippen molar-refractivity contribution in [3.63, 3.8) is 0 Å².